The molecule has 0 unspecified atom stereocenters. The molecule has 7 heteroatoms. The number of carbonyl (C=O) groups is 1. The number of piperidine rings is 2. The van der Waals surface area contributed by atoms with Gasteiger partial charge in [0, 0.05) is 30.4 Å². The van der Waals surface area contributed by atoms with Gasteiger partial charge in [0.1, 0.15) is 0 Å². The first-order chi connectivity index (χ1) is 11.7. The zero-order chi connectivity index (χ0) is 16.5. The molecule has 2 saturated heterocycles. The van der Waals surface area contributed by atoms with Gasteiger partial charge in [0.15, 0.2) is 11.3 Å². The molecule has 2 aromatic rings. The normalized spacial score (nSPS) is 24.7. The van der Waals surface area contributed by atoms with E-state index in [9.17, 15) is 4.79 Å². The third-order valence-electron chi connectivity index (χ3n) is 5.15. The summed E-state index contributed by atoms with van der Waals surface area (Å²) in [5.74, 6) is 0.0943. The first-order valence-electron chi connectivity index (χ1n) is 8.63. The first-order valence-corrected chi connectivity index (χ1v) is 9.42. The number of aromatic nitrogens is 3. The van der Waals surface area contributed by atoms with Crippen LogP contribution >= 0.6 is 15.9 Å². The molecular formula is C17H21BrN4O2. The quantitative estimate of drug-likeness (QED) is 0.751. The van der Waals surface area contributed by atoms with Crippen molar-refractivity contribution in [2.75, 3.05) is 19.7 Å². The maximum atomic E-state index is 12.4. The lowest BCUT2D eigenvalue weighted by molar-refractivity contribution is 0.00700. The van der Waals surface area contributed by atoms with Crippen molar-refractivity contribution in [1.82, 2.24) is 19.5 Å². The van der Waals surface area contributed by atoms with Crippen LogP contribution in [0.25, 0.3) is 5.65 Å². The molecule has 2 aliphatic rings. The molecule has 0 spiro atoms. The Balaban J connectivity index is 1.41. The van der Waals surface area contributed by atoms with E-state index < -0.39 is 0 Å². The zero-order valence-corrected chi connectivity index (χ0v) is 15.1. The molecule has 0 aromatic carbocycles. The molecule has 0 N–H and O–H groups in total. The molecule has 128 valence electrons. The van der Waals surface area contributed by atoms with E-state index in [1.807, 2.05) is 0 Å². The number of carbonyl (C=O) groups excluding carboxylic acids is 1. The van der Waals surface area contributed by atoms with Gasteiger partial charge in [-0.3, -0.25) is 4.90 Å². The molecular weight excluding hydrogens is 372 g/mol. The van der Waals surface area contributed by atoms with E-state index in [2.05, 4.69) is 30.9 Å². The summed E-state index contributed by atoms with van der Waals surface area (Å²) in [5.41, 5.74) is 0.957. The fraction of sp³-hybridized carbons (Fsp3) is 0.588. The minimum atomic E-state index is -0.357. The number of halogens is 1. The third-order valence-corrected chi connectivity index (χ3v) is 5.56. The first kappa shape index (κ1) is 16.0. The van der Waals surface area contributed by atoms with Gasteiger partial charge in [-0.15, -0.1) is 0 Å². The summed E-state index contributed by atoms with van der Waals surface area (Å²) in [7, 11) is 0. The smallest absolute Gasteiger partial charge is 0.358 e. The van der Waals surface area contributed by atoms with Crippen LogP contribution in [0, 0.1) is 5.92 Å². The SMILES string of the molecule is O=C(OC[C@@H]1CCCN2CCCC[C@@H]12)c1cc2ncc(Br)cn2n1. The largest absolute Gasteiger partial charge is 0.461 e. The molecule has 0 radical (unpaired) electrons. The van der Waals surface area contributed by atoms with Crippen LogP contribution in [0.1, 0.15) is 42.6 Å². The Bertz CT molecular complexity index is 745. The van der Waals surface area contributed by atoms with Crippen LogP contribution < -0.4 is 0 Å². The minimum Gasteiger partial charge on any atom is -0.461 e. The lowest BCUT2D eigenvalue weighted by Gasteiger charge is -2.44. The Kier molecular flexibility index (Phi) is 4.54. The summed E-state index contributed by atoms with van der Waals surface area (Å²) in [4.78, 5) is 19.2. The van der Waals surface area contributed by atoms with E-state index in [0.29, 0.717) is 29.9 Å². The number of ether oxygens (including phenoxy) is 1. The third kappa shape index (κ3) is 3.19. The van der Waals surface area contributed by atoms with Crippen molar-refractivity contribution in [2.45, 2.75) is 38.1 Å². The summed E-state index contributed by atoms with van der Waals surface area (Å²) < 4.78 is 8.00. The molecule has 6 nitrogen and oxygen atoms in total. The standard InChI is InChI=1S/C17H21BrN4O2/c18-13-9-19-16-8-14(20-22(16)10-13)17(23)24-11-12-4-3-7-21-6-2-1-5-15(12)21/h8-10,12,15H,1-7,11H2/t12-,15-/m0/s1. The van der Waals surface area contributed by atoms with Crippen LogP contribution in [-0.4, -0.2) is 51.2 Å². The lowest BCUT2D eigenvalue weighted by atomic mass is 9.84. The predicted molar refractivity (Wildman–Crippen MR) is 92.9 cm³/mol. The summed E-state index contributed by atoms with van der Waals surface area (Å²) in [6, 6.07) is 2.25. The molecule has 0 bridgehead atoms. The van der Waals surface area contributed by atoms with Gasteiger partial charge in [-0.1, -0.05) is 6.42 Å². The van der Waals surface area contributed by atoms with Gasteiger partial charge in [0.05, 0.1) is 11.1 Å². The topological polar surface area (TPSA) is 59.7 Å². The molecule has 0 amide bonds. The average Bonchev–Trinajstić information content (AvgIpc) is 3.03. The Morgan fingerprint density at radius 1 is 1.29 bits per heavy atom. The zero-order valence-electron chi connectivity index (χ0n) is 13.5. The van der Waals surface area contributed by atoms with Gasteiger partial charge in [-0.05, 0) is 54.7 Å². The number of esters is 1. The van der Waals surface area contributed by atoms with E-state index >= 15 is 0 Å². The maximum Gasteiger partial charge on any atom is 0.358 e. The van der Waals surface area contributed by atoms with Crippen LogP contribution in [0.3, 0.4) is 0 Å². The van der Waals surface area contributed by atoms with E-state index in [-0.39, 0.29) is 5.97 Å². The fourth-order valence-electron chi connectivity index (χ4n) is 3.98. The van der Waals surface area contributed by atoms with Crippen LogP contribution in [0.4, 0.5) is 0 Å². The van der Waals surface area contributed by atoms with Crippen molar-refractivity contribution in [2.24, 2.45) is 5.92 Å². The summed E-state index contributed by atoms with van der Waals surface area (Å²) in [6.45, 7) is 2.88. The highest BCUT2D eigenvalue weighted by Crippen LogP contribution is 2.31. The van der Waals surface area contributed by atoms with Crippen molar-refractivity contribution in [3.05, 3.63) is 28.6 Å². The van der Waals surface area contributed by atoms with Gasteiger partial charge >= 0.3 is 5.97 Å². The minimum absolute atomic E-state index is 0.317. The summed E-state index contributed by atoms with van der Waals surface area (Å²) >= 11 is 3.35. The number of nitrogens with zero attached hydrogens (tertiary/aromatic N) is 4. The van der Waals surface area contributed by atoms with Gasteiger partial charge in [-0.2, -0.15) is 5.10 Å². The highest BCUT2D eigenvalue weighted by atomic mass is 79.9. The second kappa shape index (κ2) is 6.80. The van der Waals surface area contributed by atoms with Gasteiger partial charge in [-0.25, -0.2) is 14.3 Å². The van der Waals surface area contributed by atoms with Crippen LogP contribution in [0.2, 0.25) is 0 Å². The van der Waals surface area contributed by atoms with Crippen LogP contribution in [0.15, 0.2) is 22.9 Å². The molecule has 2 aliphatic heterocycles. The van der Waals surface area contributed by atoms with E-state index in [4.69, 9.17) is 4.74 Å². The lowest BCUT2D eigenvalue weighted by Crippen LogP contribution is -2.49. The predicted octanol–water partition coefficient (Wildman–Crippen LogP) is 2.91. The number of rotatable bonds is 3. The van der Waals surface area contributed by atoms with Crippen LogP contribution in [-0.2, 0) is 4.74 Å². The number of hydrogen-bond acceptors (Lipinski definition) is 5. The molecule has 4 heterocycles. The van der Waals surface area contributed by atoms with Crippen molar-refractivity contribution >= 4 is 27.5 Å². The Hall–Kier alpha value is -1.47. The second-order valence-corrected chi connectivity index (χ2v) is 7.62. The molecule has 0 saturated carbocycles. The maximum absolute atomic E-state index is 12.4. The van der Waals surface area contributed by atoms with Gasteiger partial charge < -0.3 is 4.74 Å². The van der Waals surface area contributed by atoms with Crippen molar-refractivity contribution in [1.29, 1.82) is 0 Å². The Morgan fingerprint density at radius 2 is 2.17 bits per heavy atom. The molecule has 4 rings (SSSR count). The highest BCUT2D eigenvalue weighted by molar-refractivity contribution is 9.10. The molecule has 2 atom stereocenters. The molecule has 2 fully saturated rings. The van der Waals surface area contributed by atoms with Gasteiger partial charge in [0.2, 0.25) is 0 Å². The van der Waals surface area contributed by atoms with Crippen LogP contribution in [0.5, 0.6) is 0 Å². The van der Waals surface area contributed by atoms with E-state index in [0.717, 1.165) is 10.9 Å². The number of hydrogen-bond donors (Lipinski definition) is 0. The molecule has 2 aromatic heterocycles. The monoisotopic (exact) mass is 392 g/mol. The van der Waals surface area contributed by atoms with E-state index in [1.54, 1.807) is 23.0 Å². The van der Waals surface area contributed by atoms with Crippen molar-refractivity contribution in [3.8, 4) is 0 Å². The Labute approximate surface area is 149 Å². The second-order valence-electron chi connectivity index (χ2n) is 6.70. The molecule has 24 heavy (non-hydrogen) atoms. The van der Waals surface area contributed by atoms with Gasteiger partial charge in [0.25, 0.3) is 0 Å². The number of fused-ring (bicyclic) bond motifs is 2. The average molecular weight is 393 g/mol. The van der Waals surface area contributed by atoms with E-state index in [1.165, 1.54) is 38.8 Å². The van der Waals surface area contributed by atoms with Crippen molar-refractivity contribution < 1.29 is 9.53 Å². The van der Waals surface area contributed by atoms with Crippen molar-refractivity contribution in [3.63, 3.8) is 0 Å². The highest BCUT2D eigenvalue weighted by Gasteiger charge is 2.33. The summed E-state index contributed by atoms with van der Waals surface area (Å²) in [5, 5.41) is 4.26. The Morgan fingerprint density at radius 3 is 3.08 bits per heavy atom. The molecule has 0 aliphatic carbocycles. The summed E-state index contributed by atoms with van der Waals surface area (Å²) in [6.07, 6.45) is 9.63. The fourth-order valence-corrected chi connectivity index (χ4v) is 4.28.